The van der Waals surface area contributed by atoms with E-state index in [2.05, 4.69) is 33.1 Å². The van der Waals surface area contributed by atoms with Gasteiger partial charge in [0.15, 0.2) is 0 Å². The summed E-state index contributed by atoms with van der Waals surface area (Å²) in [5, 5.41) is 4.51. The first-order valence-corrected chi connectivity index (χ1v) is 9.60. The lowest BCUT2D eigenvalue weighted by Gasteiger charge is -2.37. The molecule has 0 spiro atoms. The van der Waals surface area contributed by atoms with Crippen LogP contribution in [0.4, 0.5) is 11.5 Å². The number of aryl methyl sites for hydroxylation is 2. The molecule has 0 aliphatic carbocycles. The van der Waals surface area contributed by atoms with Crippen molar-refractivity contribution in [2.24, 2.45) is 0 Å². The molecule has 3 heterocycles. The Kier molecular flexibility index (Phi) is 4.92. The normalized spacial score (nSPS) is 17.0. The fourth-order valence-corrected chi connectivity index (χ4v) is 3.91. The lowest BCUT2D eigenvalue weighted by Crippen LogP contribution is -2.52. The van der Waals surface area contributed by atoms with E-state index in [1.807, 2.05) is 28.6 Å². The Morgan fingerprint density at radius 3 is 2.52 bits per heavy atom. The monoisotopic (exact) mass is 369 g/mol. The molecule has 27 heavy (non-hydrogen) atoms. The molecule has 7 nitrogen and oxygen atoms in total. The minimum atomic E-state index is 0.205. The van der Waals surface area contributed by atoms with Gasteiger partial charge in [0, 0.05) is 51.0 Å². The molecule has 1 amide bonds. The van der Waals surface area contributed by atoms with E-state index in [9.17, 15) is 4.79 Å². The summed E-state index contributed by atoms with van der Waals surface area (Å²) in [6.45, 7) is 7.53. The number of methoxy groups -OCH3 is 1. The Hall–Kier alpha value is -2.70. The zero-order valence-electron chi connectivity index (χ0n) is 16.1. The van der Waals surface area contributed by atoms with Gasteiger partial charge >= 0.3 is 0 Å². The van der Waals surface area contributed by atoms with Crippen LogP contribution in [0, 0.1) is 6.92 Å². The van der Waals surface area contributed by atoms with Crippen LogP contribution in [0.3, 0.4) is 0 Å². The second kappa shape index (κ2) is 7.50. The molecular formula is C20H27N5O2. The summed E-state index contributed by atoms with van der Waals surface area (Å²) < 4.78 is 7.24. The number of anilines is 2. The van der Waals surface area contributed by atoms with E-state index < -0.39 is 0 Å². The maximum absolute atomic E-state index is 12.8. The van der Waals surface area contributed by atoms with E-state index in [1.54, 1.807) is 7.11 Å². The predicted octanol–water partition coefficient (Wildman–Crippen LogP) is 1.76. The number of amides is 1. The first kappa shape index (κ1) is 17.7. The van der Waals surface area contributed by atoms with Crippen LogP contribution in [-0.2, 0) is 11.3 Å². The summed E-state index contributed by atoms with van der Waals surface area (Å²) in [6, 6.07) is 10.2. The smallest absolute Gasteiger partial charge is 0.242 e. The number of carbonyl (C=O) groups is 1. The first-order valence-electron chi connectivity index (χ1n) is 9.60. The fourth-order valence-electron chi connectivity index (χ4n) is 3.91. The van der Waals surface area contributed by atoms with Gasteiger partial charge in [-0.2, -0.15) is 5.10 Å². The summed E-state index contributed by atoms with van der Waals surface area (Å²) in [5.74, 6) is 2.14. The van der Waals surface area contributed by atoms with Crippen LogP contribution in [0.15, 0.2) is 30.3 Å². The molecule has 2 aliphatic heterocycles. The molecule has 0 N–H and O–H groups in total. The number of rotatable bonds is 4. The minimum Gasteiger partial charge on any atom is -0.497 e. The van der Waals surface area contributed by atoms with E-state index in [1.165, 1.54) is 5.69 Å². The molecule has 0 radical (unpaired) electrons. The summed E-state index contributed by atoms with van der Waals surface area (Å²) >= 11 is 0. The van der Waals surface area contributed by atoms with Crippen molar-refractivity contribution in [1.29, 1.82) is 0 Å². The highest BCUT2D eigenvalue weighted by molar-refractivity contribution is 5.81. The van der Waals surface area contributed by atoms with Gasteiger partial charge in [0.2, 0.25) is 5.91 Å². The maximum Gasteiger partial charge on any atom is 0.242 e. The largest absolute Gasteiger partial charge is 0.497 e. The van der Waals surface area contributed by atoms with Crippen LogP contribution < -0.4 is 14.5 Å². The third-order valence-electron chi connectivity index (χ3n) is 5.40. The van der Waals surface area contributed by atoms with Gasteiger partial charge in [0.25, 0.3) is 0 Å². The van der Waals surface area contributed by atoms with Crippen LogP contribution in [0.5, 0.6) is 5.75 Å². The van der Waals surface area contributed by atoms with Gasteiger partial charge < -0.3 is 19.4 Å². The third-order valence-corrected chi connectivity index (χ3v) is 5.40. The number of hydrogen-bond donors (Lipinski definition) is 0. The predicted molar refractivity (Wildman–Crippen MR) is 106 cm³/mol. The van der Waals surface area contributed by atoms with E-state index in [4.69, 9.17) is 4.74 Å². The number of piperazine rings is 1. The van der Waals surface area contributed by atoms with E-state index in [-0.39, 0.29) is 5.91 Å². The number of aromatic nitrogens is 2. The van der Waals surface area contributed by atoms with Crippen LogP contribution in [0.25, 0.3) is 0 Å². The average molecular weight is 369 g/mol. The number of fused-ring (bicyclic) bond motifs is 1. The standard InChI is InChI=1S/C20H27N5O2/c1-16-14-19-24(8-3-9-25(19)21-16)15-20(26)23-12-10-22(11-13-23)17-4-6-18(27-2)7-5-17/h4-7,14H,3,8-13,15H2,1-2H3. The summed E-state index contributed by atoms with van der Waals surface area (Å²) in [5.41, 5.74) is 2.19. The van der Waals surface area contributed by atoms with Crippen molar-refractivity contribution in [3.05, 3.63) is 36.0 Å². The molecule has 0 unspecified atom stereocenters. The van der Waals surface area contributed by atoms with Gasteiger partial charge in [-0.15, -0.1) is 0 Å². The minimum absolute atomic E-state index is 0.205. The number of carbonyl (C=O) groups excluding carboxylic acids is 1. The average Bonchev–Trinajstić information content (AvgIpc) is 3.09. The summed E-state index contributed by atoms with van der Waals surface area (Å²) in [7, 11) is 1.68. The number of nitrogens with zero attached hydrogens (tertiary/aromatic N) is 5. The fraction of sp³-hybridized carbons (Fsp3) is 0.500. The molecule has 2 aromatic rings. The molecule has 7 heteroatoms. The van der Waals surface area contributed by atoms with Crippen molar-refractivity contribution in [2.75, 3.05) is 56.2 Å². The molecule has 0 atom stereocenters. The van der Waals surface area contributed by atoms with Crippen molar-refractivity contribution in [3.63, 3.8) is 0 Å². The quantitative estimate of drug-likeness (QED) is 0.822. The number of benzene rings is 1. The second-order valence-corrected chi connectivity index (χ2v) is 7.21. The molecule has 144 valence electrons. The van der Waals surface area contributed by atoms with Crippen molar-refractivity contribution in [3.8, 4) is 5.75 Å². The molecule has 1 aromatic carbocycles. The topological polar surface area (TPSA) is 53.8 Å². The molecule has 2 aliphatic rings. The maximum atomic E-state index is 12.8. The van der Waals surface area contributed by atoms with Gasteiger partial charge in [-0.05, 0) is 37.6 Å². The number of ether oxygens (including phenoxy) is 1. The van der Waals surface area contributed by atoms with Gasteiger partial charge in [-0.25, -0.2) is 4.68 Å². The highest BCUT2D eigenvalue weighted by Gasteiger charge is 2.25. The van der Waals surface area contributed by atoms with Crippen molar-refractivity contribution >= 4 is 17.4 Å². The van der Waals surface area contributed by atoms with Crippen molar-refractivity contribution in [2.45, 2.75) is 19.9 Å². The summed E-state index contributed by atoms with van der Waals surface area (Å²) in [6.07, 6.45) is 1.03. The highest BCUT2D eigenvalue weighted by Crippen LogP contribution is 2.23. The Labute approximate surface area is 160 Å². The Balaban J connectivity index is 1.33. The van der Waals surface area contributed by atoms with E-state index >= 15 is 0 Å². The van der Waals surface area contributed by atoms with Crippen LogP contribution in [0.1, 0.15) is 12.1 Å². The molecular weight excluding hydrogens is 342 g/mol. The highest BCUT2D eigenvalue weighted by atomic mass is 16.5. The zero-order valence-corrected chi connectivity index (χ0v) is 16.1. The molecule has 1 saturated heterocycles. The van der Waals surface area contributed by atoms with Crippen molar-refractivity contribution < 1.29 is 9.53 Å². The van der Waals surface area contributed by atoms with Crippen LogP contribution >= 0.6 is 0 Å². The van der Waals surface area contributed by atoms with Gasteiger partial charge in [-0.3, -0.25) is 4.79 Å². The summed E-state index contributed by atoms with van der Waals surface area (Å²) in [4.78, 5) is 19.3. The SMILES string of the molecule is COc1ccc(N2CCN(C(=O)CN3CCCn4nc(C)cc43)CC2)cc1. The first-order chi connectivity index (χ1) is 13.1. The van der Waals surface area contributed by atoms with Crippen molar-refractivity contribution in [1.82, 2.24) is 14.7 Å². The number of hydrogen-bond acceptors (Lipinski definition) is 5. The molecule has 1 aromatic heterocycles. The third kappa shape index (κ3) is 3.72. The Bertz CT molecular complexity index is 793. The van der Waals surface area contributed by atoms with Crippen LogP contribution in [-0.4, -0.2) is 67.0 Å². The lowest BCUT2D eigenvalue weighted by molar-refractivity contribution is -0.130. The zero-order chi connectivity index (χ0) is 18.8. The second-order valence-electron chi connectivity index (χ2n) is 7.21. The Morgan fingerprint density at radius 1 is 1.07 bits per heavy atom. The Morgan fingerprint density at radius 2 is 1.81 bits per heavy atom. The van der Waals surface area contributed by atoms with E-state index in [0.29, 0.717) is 6.54 Å². The van der Waals surface area contributed by atoms with Gasteiger partial charge in [0.1, 0.15) is 11.6 Å². The van der Waals surface area contributed by atoms with Crippen LogP contribution in [0.2, 0.25) is 0 Å². The molecule has 1 fully saturated rings. The van der Waals surface area contributed by atoms with E-state index in [0.717, 1.165) is 63.0 Å². The van der Waals surface area contributed by atoms with Gasteiger partial charge in [-0.1, -0.05) is 0 Å². The molecule has 0 saturated carbocycles. The lowest BCUT2D eigenvalue weighted by atomic mass is 10.2. The molecule has 0 bridgehead atoms. The van der Waals surface area contributed by atoms with Gasteiger partial charge in [0.05, 0.1) is 19.3 Å². The molecule has 4 rings (SSSR count).